The molecule has 4 aromatic rings. The fraction of sp³-hybridized carbons (Fsp3) is 0.387. The lowest BCUT2D eigenvalue weighted by Gasteiger charge is -2.22. The molecule has 11 nitrogen and oxygen atoms in total. The average molecular weight is 575 g/mol. The Morgan fingerprint density at radius 3 is 2.43 bits per heavy atom. The number of nitrogens with one attached hydrogen (secondary N) is 2. The number of ether oxygens (including phenoxy) is 1. The van der Waals surface area contributed by atoms with Gasteiger partial charge in [0.05, 0.1) is 23.9 Å². The summed E-state index contributed by atoms with van der Waals surface area (Å²) in [4.78, 5) is 39.3. The first-order valence-corrected chi connectivity index (χ1v) is 14.1. The molecule has 0 bridgehead atoms. The summed E-state index contributed by atoms with van der Waals surface area (Å²) in [7, 11) is 1.56. The summed E-state index contributed by atoms with van der Waals surface area (Å²) < 4.78 is 11.0. The predicted octanol–water partition coefficient (Wildman–Crippen LogP) is 5.02. The Bertz CT molecular complexity index is 1570. The Balaban J connectivity index is 1.67. The molecule has 0 saturated heterocycles. The highest BCUT2D eigenvalue weighted by molar-refractivity contribution is 5.83. The predicted molar refractivity (Wildman–Crippen MR) is 162 cm³/mol. The number of hydrogen-bond donors (Lipinski definition) is 3. The van der Waals surface area contributed by atoms with Crippen LogP contribution < -0.4 is 20.5 Å². The molecule has 0 aliphatic heterocycles. The number of benzene rings is 1. The number of carboxylic acid groups (broad SMARTS) is 1. The van der Waals surface area contributed by atoms with Gasteiger partial charge in [0.2, 0.25) is 5.95 Å². The number of carboxylic acids is 1. The van der Waals surface area contributed by atoms with Crippen LogP contribution >= 0.6 is 0 Å². The maximum absolute atomic E-state index is 12.8. The van der Waals surface area contributed by atoms with Crippen LogP contribution in [0.2, 0.25) is 0 Å². The molecular formula is C31H38N6O5. The molecule has 11 heteroatoms. The molecule has 0 fully saturated rings. The van der Waals surface area contributed by atoms with E-state index in [0.29, 0.717) is 58.7 Å². The number of aliphatic carboxylic acids is 1. The summed E-state index contributed by atoms with van der Waals surface area (Å²) >= 11 is 0. The Kier molecular flexibility index (Phi) is 9.61. The number of hydrogen-bond acceptors (Lipinski definition) is 9. The summed E-state index contributed by atoms with van der Waals surface area (Å²) in [6, 6.07) is 6.29. The highest BCUT2D eigenvalue weighted by atomic mass is 16.5. The zero-order chi connectivity index (χ0) is 30.4. The fourth-order valence-corrected chi connectivity index (χ4v) is 5.10. The van der Waals surface area contributed by atoms with Crippen LogP contribution in [0, 0.1) is 13.8 Å². The number of aromatic amines is 1. The van der Waals surface area contributed by atoms with Gasteiger partial charge in [0.1, 0.15) is 23.4 Å². The molecule has 0 aliphatic carbocycles. The van der Waals surface area contributed by atoms with Gasteiger partial charge < -0.3 is 29.6 Å². The minimum absolute atomic E-state index is 0.171. The average Bonchev–Trinajstić information content (AvgIpc) is 3.32. The Labute approximate surface area is 245 Å². The van der Waals surface area contributed by atoms with E-state index in [-0.39, 0.29) is 12.0 Å². The quantitative estimate of drug-likeness (QED) is 0.199. The number of methoxy groups -OCH3 is 1. The molecule has 0 saturated carbocycles. The molecule has 222 valence electrons. The first-order valence-electron chi connectivity index (χ1n) is 14.1. The molecule has 0 spiro atoms. The largest absolute Gasteiger partial charge is 0.496 e. The Morgan fingerprint density at radius 1 is 1.14 bits per heavy atom. The monoisotopic (exact) mass is 574 g/mol. The van der Waals surface area contributed by atoms with Crippen molar-refractivity contribution in [1.29, 1.82) is 0 Å². The van der Waals surface area contributed by atoms with Crippen molar-refractivity contribution in [3.05, 3.63) is 69.6 Å². The first-order chi connectivity index (χ1) is 20.2. The van der Waals surface area contributed by atoms with Gasteiger partial charge in [-0.1, -0.05) is 42.8 Å². The standard InChI is InChI=1S/C31H38N6O5/c1-7-10-22-16-32-29(38)26(27(22)41-6)21-13-11-20(12-14-21)15-24(30(39)40)34-28-23(25-18(4)36-42-19(25)5)17-33-31(35-28)37(8-2)9-3/h11-14,16-17,24H,7-10,15H2,1-6H3,(H,32,38)(H,39,40)(H,33,34,35)/t24-/m0/s1. The third kappa shape index (κ3) is 6.29. The highest BCUT2D eigenvalue weighted by Gasteiger charge is 2.25. The molecule has 3 aromatic heterocycles. The van der Waals surface area contributed by atoms with E-state index in [1.807, 2.05) is 49.9 Å². The van der Waals surface area contributed by atoms with Crippen molar-refractivity contribution >= 4 is 17.7 Å². The second-order valence-corrected chi connectivity index (χ2v) is 10.0. The number of nitrogens with zero attached hydrogens (tertiary/aromatic N) is 4. The van der Waals surface area contributed by atoms with Gasteiger partial charge in [-0.25, -0.2) is 9.78 Å². The molecule has 1 atom stereocenters. The van der Waals surface area contributed by atoms with Crippen LogP contribution in [-0.4, -0.2) is 57.4 Å². The van der Waals surface area contributed by atoms with E-state index in [4.69, 9.17) is 14.2 Å². The van der Waals surface area contributed by atoms with Crippen molar-refractivity contribution in [3.63, 3.8) is 0 Å². The third-order valence-corrected chi connectivity index (χ3v) is 7.26. The van der Waals surface area contributed by atoms with Crippen LogP contribution in [0.25, 0.3) is 22.3 Å². The summed E-state index contributed by atoms with van der Waals surface area (Å²) in [5.74, 6) is 0.992. The van der Waals surface area contributed by atoms with E-state index in [0.717, 1.165) is 29.5 Å². The van der Waals surface area contributed by atoms with Crippen molar-refractivity contribution in [2.75, 3.05) is 30.4 Å². The van der Waals surface area contributed by atoms with Gasteiger partial charge in [0, 0.05) is 43.0 Å². The maximum atomic E-state index is 12.8. The molecule has 4 rings (SSSR count). The summed E-state index contributed by atoms with van der Waals surface area (Å²) in [6.07, 6.45) is 5.23. The molecule has 42 heavy (non-hydrogen) atoms. The van der Waals surface area contributed by atoms with E-state index in [9.17, 15) is 14.7 Å². The number of anilines is 2. The van der Waals surface area contributed by atoms with Gasteiger partial charge in [0.25, 0.3) is 5.56 Å². The van der Waals surface area contributed by atoms with Crippen molar-refractivity contribution in [3.8, 4) is 28.0 Å². The van der Waals surface area contributed by atoms with Crippen LogP contribution in [0.15, 0.2) is 46.0 Å². The van der Waals surface area contributed by atoms with Crippen LogP contribution in [0.3, 0.4) is 0 Å². The summed E-state index contributed by atoms with van der Waals surface area (Å²) in [5, 5.41) is 17.4. The maximum Gasteiger partial charge on any atom is 0.326 e. The van der Waals surface area contributed by atoms with Crippen molar-refractivity contribution in [2.24, 2.45) is 0 Å². The topological polar surface area (TPSA) is 146 Å². The second-order valence-electron chi connectivity index (χ2n) is 10.0. The number of rotatable bonds is 13. The molecule has 3 heterocycles. The van der Waals surface area contributed by atoms with Gasteiger partial charge in [-0.2, -0.15) is 4.98 Å². The smallest absolute Gasteiger partial charge is 0.326 e. The number of H-pyrrole nitrogens is 1. The number of aromatic nitrogens is 4. The zero-order valence-corrected chi connectivity index (χ0v) is 24.9. The lowest BCUT2D eigenvalue weighted by Crippen LogP contribution is -2.33. The van der Waals surface area contributed by atoms with Crippen molar-refractivity contribution < 1.29 is 19.2 Å². The van der Waals surface area contributed by atoms with E-state index in [1.54, 1.807) is 26.4 Å². The van der Waals surface area contributed by atoms with E-state index in [1.165, 1.54) is 0 Å². The van der Waals surface area contributed by atoms with Gasteiger partial charge >= 0.3 is 5.97 Å². The third-order valence-electron chi connectivity index (χ3n) is 7.26. The zero-order valence-electron chi connectivity index (χ0n) is 24.9. The molecule has 3 N–H and O–H groups in total. The lowest BCUT2D eigenvalue weighted by molar-refractivity contribution is -0.137. The first kappa shape index (κ1) is 30.3. The Hall–Kier alpha value is -4.67. The molecular weight excluding hydrogens is 536 g/mol. The Morgan fingerprint density at radius 2 is 1.86 bits per heavy atom. The van der Waals surface area contributed by atoms with Crippen LogP contribution in [0.5, 0.6) is 5.75 Å². The normalized spacial score (nSPS) is 11.8. The molecule has 0 unspecified atom stereocenters. The number of aryl methyl sites for hydroxylation is 3. The van der Waals surface area contributed by atoms with E-state index >= 15 is 0 Å². The highest BCUT2D eigenvalue weighted by Crippen LogP contribution is 2.34. The summed E-state index contributed by atoms with van der Waals surface area (Å²) in [6.45, 7) is 11.1. The van der Waals surface area contributed by atoms with Gasteiger partial charge in [-0.05, 0) is 45.2 Å². The van der Waals surface area contributed by atoms with Crippen LogP contribution in [0.1, 0.15) is 49.8 Å². The molecule has 0 amide bonds. The minimum atomic E-state index is -1.03. The summed E-state index contributed by atoms with van der Waals surface area (Å²) in [5.41, 5.74) is 4.60. The SMILES string of the molecule is CCCc1c[nH]c(=O)c(-c2ccc(C[C@H](Nc3nc(N(CC)CC)ncc3-c3c(C)noc3C)C(=O)O)cc2)c1OC. The van der Waals surface area contributed by atoms with Crippen molar-refractivity contribution in [2.45, 2.75) is 59.9 Å². The van der Waals surface area contributed by atoms with Gasteiger partial charge in [-0.3, -0.25) is 4.79 Å². The van der Waals surface area contributed by atoms with Gasteiger partial charge in [0.15, 0.2) is 0 Å². The minimum Gasteiger partial charge on any atom is -0.496 e. The molecule has 0 radical (unpaired) electrons. The lowest BCUT2D eigenvalue weighted by atomic mass is 9.98. The van der Waals surface area contributed by atoms with Crippen LogP contribution in [0.4, 0.5) is 11.8 Å². The second kappa shape index (κ2) is 13.3. The van der Waals surface area contributed by atoms with Crippen molar-refractivity contribution in [1.82, 2.24) is 20.1 Å². The molecule has 0 aliphatic rings. The number of pyridine rings is 1. The van der Waals surface area contributed by atoms with Gasteiger partial charge in [-0.15, -0.1) is 0 Å². The number of carbonyl (C=O) groups is 1. The van der Waals surface area contributed by atoms with E-state index in [2.05, 4.69) is 27.4 Å². The van der Waals surface area contributed by atoms with Crippen LogP contribution in [-0.2, 0) is 17.6 Å². The van der Waals surface area contributed by atoms with E-state index < -0.39 is 12.0 Å². The molecule has 1 aromatic carbocycles. The fourth-order valence-electron chi connectivity index (χ4n) is 5.10.